The molecule has 0 spiro atoms. The molecular formula is C27H26As2O2. The van der Waals surface area contributed by atoms with Crippen molar-refractivity contribution < 1.29 is 9.47 Å². The Bertz CT molecular complexity index is 1040. The zero-order chi connectivity index (χ0) is 21.8. The average molecular weight is 532 g/mol. The molecular weight excluding hydrogens is 506 g/mol. The second-order valence-electron chi connectivity index (χ2n) is 8.02. The predicted octanol–water partition coefficient (Wildman–Crippen LogP) is 4.11. The molecule has 0 saturated heterocycles. The van der Waals surface area contributed by atoms with Gasteiger partial charge in [0.15, 0.2) is 0 Å². The van der Waals surface area contributed by atoms with Crippen molar-refractivity contribution in [2.24, 2.45) is 0 Å². The molecule has 0 aliphatic heterocycles. The number of rotatable bonds is 6. The van der Waals surface area contributed by atoms with Gasteiger partial charge in [-0.25, -0.2) is 0 Å². The van der Waals surface area contributed by atoms with Gasteiger partial charge in [0, 0.05) is 0 Å². The van der Waals surface area contributed by atoms with Crippen LogP contribution in [0.3, 0.4) is 0 Å². The Hall–Kier alpha value is -2.40. The predicted molar refractivity (Wildman–Crippen MR) is 134 cm³/mol. The van der Waals surface area contributed by atoms with Crippen molar-refractivity contribution in [2.45, 2.75) is 19.3 Å². The summed E-state index contributed by atoms with van der Waals surface area (Å²) in [5, 5.41) is 0. The standard InChI is InChI=1S/C27H26As2O2/c1-27(2,19-3-11-23(12-4-19)30-25-15-7-21(28)8-16-25)20-5-13-24(14-6-20)31-26-17-9-22(29)10-18-26/h3-18H,28-29H2,1-2H3. The molecule has 0 heterocycles. The first kappa shape index (κ1) is 21.8. The van der Waals surface area contributed by atoms with Crippen molar-refractivity contribution >= 4 is 42.4 Å². The number of hydrogen-bond acceptors (Lipinski definition) is 2. The van der Waals surface area contributed by atoms with Crippen molar-refractivity contribution in [3.8, 4) is 23.0 Å². The fourth-order valence-electron chi connectivity index (χ4n) is 3.39. The summed E-state index contributed by atoms with van der Waals surface area (Å²) in [6.45, 7) is 4.48. The fraction of sp³-hybridized carbons (Fsp3) is 0.111. The number of ether oxygens (including phenoxy) is 2. The molecule has 2 unspecified atom stereocenters. The van der Waals surface area contributed by atoms with Gasteiger partial charge < -0.3 is 0 Å². The van der Waals surface area contributed by atoms with E-state index in [2.05, 4.69) is 62.4 Å². The van der Waals surface area contributed by atoms with Gasteiger partial charge in [-0.3, -0.25) is 0 Å². The zero-order valence-electron chi connectivity index (χ0n) is 17.7. The van der Waals surface area contributed by atoms with Gasteiger partial charge in [-0.1, -0.05) is 0 Å². The van der Waals surface area contributed by atoms with E-state index in [0.717, 1.165) is 23.0 Å². The second kappa shape index (κ2) is 9.39. The van der Waals surface area contributed by atoms with E-state index in [9.17, 15) is 0 Å². The Morgan fingerprint density at radius 2 is 0.710 bits per heavy atom. The van der Waals surface area contributed by atoms with Crippen LogP contribution in [0.1, 0.15) is 25.0 Å². The molecule has 0 radical (unpaired) electrons. The Morgan fingerprint density at radius 1 is 0.452 bits per heavy atom. The molecule has 2 nitrogen and oxygen atoms in total. The van der Waals surface area contributed by atoms with Gasteiger partial charge in [-0.2, -0.15) is 0 Å². The van der Waals surface area contributed by atoms with Crippen LogP contribution in [0.4, 0.5) is 0 Å². The van der Waals surface area contributed by atoms with Crippen LogP contribution in [0, 0.1) is 0 Å². The maximum absolute atomic E-state index is 5.98. The van der Waals surface area contributed by atoms with Crippen LogP contribution in [-0.4, -0.2) is 33.7 Å². The summed E-state index contributed by atoms with van der Waals surface area (Å²) >= 11 is 3.23. The molecule has 2 atom stereocenters. The first-order chi connectivity index (χ1) is 14.9. The van der Waals surface area contributed by atoms with Gasteiger partial charge >= 0.3 is 202 Å². The van der Waals surface area contributed by atoms with Gasteiger partial charge in [-0.15, -0.1) is 0 Å². The molecule has 0 saturated carbocycles. The van der Waals surface area contributed by atoms with Crippen LogP contribution >= 0.6 is 0 Å². The minimum absolute atomic E-state index is 0.130. The molecule has 4 rings (SSSR count). The molecule has 0 N–H and O–H groups in total. The van der Waals surface area contributed by atoms with Gasteiger partial charge in [-0.05, 0) is 0 Å². The Labute approximate surface area is 201 Å². The number of hydrogen-bond donors (Lipinski definition) is 0. The molecule has 4 heteroatoms. The summed E-state index contributed by atoms with van der Waals surface area (Å²) in [6.07, 6.45) is 0. The monoisotopic (exact) mass is 532 g/mol. The summed E-state index contributed by atoms with van der Waals surface area (Å²) in [7, 11) is 0. The molecule has 0 aliphatic rings. The molecule has 0 bridgehead atoms. The molecule has 0 aromatic heterocycles. The van der Waals surface area contributed by atoms with Crippen LogP contribution in [0.5, 0.6) is 23.0 Å². The molecule has 0 fully saturated rings. The maximum atomic E-state index is 5.98. The van der Waals surface area contributed by atoms with E-state index in [1.165, 1.54) is 19.8 Å². The van der Waals surface area contributed by atoms with Gasteiger partial charge in [0.1, 0.15) is 0 Å². The summed E-state index contributed by atoms with van der Waals surface area (Å²) in [5.74, 6) is 3.41. The fourth-order valence-corrected chi connectivity index (χ4v) is 4.20. The van der Waals surface area contributed by atoms with Crippen molar-refractivity contribution in [3.63, 3.8) is 0 Å². The third-order valence-corrected chi connectivity index (χ3v) is 7.00. The van der Waals surface area contributed by atoms with Gasteiger partial charge in [0.2, 0.25) is 0 Å². The Balaban J connectivity index is 1.46. The van der Waals surface area contributed by atoms with Crippen LogP contribution in [0.15, 0.2) is 97.1 Å². The van der Waals surface area contributed by atoms with E-state index in [1.54, 1.807) is 33.7 Å². The first-order valence-electron chi connectivity index (χ1n) is 10.2. The van der Waals surface area contributed by atoms with E-state index < -0.39 is 0 Å². The van der Waals surface area contributed by atoms with Crippen molar-refractivity contribution in [3.05, 3.63) is 108 Å². The number of benzene rings is 4. The van der Waals surface area contributed by atoms with Crippen molar-refractivity contribution in [2.75, 3.05) is 0 Å². The average Bonchev–Trinajstić information content (AvgIpc) is 2.78. The van der Waals surface area contributed by atoms with E-state index in [0.29, 0.717) is 0 Å². The van der Waals surface area contributed by atoms with Crippen LogP contribution in [0.2, 0.25) is 0 Å². The molecule has 156 valence electrons. The van der Waals surface area contributed by atoms with Gasteiger partial charge in [0.25, 0.3) is 0 Å². The Morgan fingerprint density at radius 3 is 1.00 bits per heavy atom. The third kappa shape index (κ3) is 5.45. The quantitative estimate of drug-likeness (QED) is 0.348. The third-order valence-electron chi connectivity index (χ3n) is 5.38. The molecule has 0 aliphatic carbocycles. The Kier molecular flexibility index (Phi) is 6.61. The van der Waals surface area contributed by atoms with Crippen LogP contribution in [-0.2, 0) is 5.41 Å². The summed E-state index contributed by atoms with van der Waals surface area (Å²) in [4.78, 5) is 0. The molecule has 4 aromatic rings. The molecule has 31 heavy (non-hydrogen) atoms. The SMILES string of the molecule is CC(C)(c1ccc(Oc2ccc([AsH2])cc2)cc1)c1ccc(Oc2ccc([AsH2])cc2)cc1. The zero-order valence-corrected chi connectivity index (χ0v) is 22.6. The first-order valence-corrected chi connectivity index (χ1v) is 12.6. The van der Waals surface area contributed by atoms with Crippen LogP contribution < -0.4 is 18.2 Å². The van der Waals surface area contributed by atoms with Crippen LogP contribution in [0.25, 0.3) is 0 Å². The molecule has 0 amide bonds. The van der Waals surface area contributed by atoms with E-state index in [-0.39, 0.29) is 5.41 Å². The summed E-state index contributed by atoms with van der Waals surface area (Å²) in [6, 6.07) is 33.1. The van der Waals surface area contributed by atoms with E-state index in [4.69, 9.17) is 9.47 Å². The van der Waals surface area contributed by atoms with Gasteiger partial charge in [0.05, 0.1) is 0 Å². The van der Waals surface area contributed by atoms with Crippen molar-refractivity contribution in [1.29, 1.82) is 0 Å². The topological polar surface area (TPSA) is 18.5 Å². The minimum atomic E-state index is -0.130. The summed E-state index contributed by atoms with van der Waals surface area (Å²) < 4.78 is 14.5. The summed E-state index contributed by atoms with van der Waals surface area (Å²) in [5.41, 5.74) is 2.34. The van der Waals surface area contributed by atoms with E-state index >= 15 is 0 Å². The van der Waals surface area contributed by atoms with Crippen molar-refractivity contribution in [1.82, 2.24) is 0 Å². The molecule has 4 aromatic carbocycles. The normalized spacial score (nSPS) is 11.2. The second-order valence-corrected chi connectivity index (χ2v) is 10.8. The van der Waals surface area contributed by atoms with E-state index in [1.807, 2.05) is 48.5 Å².